The minimum absolute atomic E-state index is 0.0415. The number of aromatic carboxylic acids is 1. The number of aromatic amines is 1. The molecule has 1 aromatic carbocycles. The zero-order valence-electron chi connectivity index (χ0n) is 22.6. The number of hydrogen-bond donors (Lipinski definition) is 2. The van der Waals surface area contributed by atoms with Crippen LogP contribution in [0, 0.1) is 17.7 Å². The smallest absolute Gasteiger partial charge is 0.355 e. The van der Waals surface area contributed by atoms with E-state index in [1.165, 1.54) is 28.0 Å². The summed E-state index contributed by atoms with van der Waals surface area (Å²) in [6.45, 7) is 2.63. The summed E-state index contributed by atoms with van der Waals surface area (Å²) >= 11 is 1.30. The van der Waals surface area contributed by atoms with Gasteiger partial charge in [0.2, 0.25) is 0 Å². The molecular weight excluding hydrogens is 549 g/mol. The number of hydrogen-bond acceptors (Lipinski definition) is 8. The van der Waals surface area contributed by atoms with Gasteiger partial charge in [0.1, 0.15) is 22.4 Å². The van der Waals surface area contributed by atoms with E-state index in [0.29, 0.717) is 41.0 Å². The van der Waals surface area contributed by atoms with Crippen LogP contribution in [0.3, 0.4) is 0 Å². The average Bonchev–Trinajstić information content (AvgIpc) is 3.58. The highest BCUT2D eigenvalue weighted by Crippen LogP contribution is 2.63. The number of carboxylic acids is 1. The summed E-state index contributed by atoms with van der Waals surface area (Å²) in [6, 6.07) is 5.83. The quantitative estimate of drug-likeness (QED) is 0.269. The first-order valence-electron chi connectivity index (χ1n) is 14.0. The van der Waals surface area contributed by atoms with E-state index >= 15 is 0 Å². The maximum absolute atomic E-state index is 13.8. The Hall–Kier alpha value is -3.64. The monoisotopic (exact) mass is 579 g/mol. The van der Waals surface area contributed by atoms with Gasteiger partial charge in [0.25, 0.3) is 5.56 Å². The van der Waals surface area contributed by atoms with Crippen LogP contribution in [0.5, 0.6) is 11.8 Å². The summed E-state index contributed by atoms with van der Waals surface area (Å²) < 4.78 is 27.8. The van der Waals surface area contributed by atoms with E-state index in [4.69, 9.17) is 14.5 Å². The number of rotatable bonds is 9. The van der Waals surface area contributed by atoms with E-state index in [9.17, 15) is 19.1 Å². The van der Waals surface area contributed by atoms with Gasteiger partial charge in [-0.1, -0.05) is 13.0 Å². The predicted molar refractivity (Wildman–Crippen MR) is 148 cm³/mol. The second-order valence-electron chi connectivity index (χ2n) is 11.8. The highest BCUT2D eigenvalue weighted by atomic mass is 32.1. The van der Waals surface area contributed by atoms with E-state index in [-0.39, 0.29) is 40.6 Å². The van der Waals surface area contributed by atoms with Crippen molar-refractivity contribution in [3.63, 3.8) is 0 Å². The molecule has 0 aliphatic heterocycles. The van der Waals surface area contributed by atoms with Gasteiger partial charge >= 0.3 is 12.0 Å². The number of H-pyrrole nitrogens is 1. The number of fused-ring (bicyclic) bond motifs is 1. The normalized spacial score (nSPS) is 26.6. The maximum Gasteiger partial charge on any atom is 0.355 e. The van der Waals surface area contributed by atoms with Crippen LogP contribution < -0.4 is 10.3 Å². The first-order valence-corrected chi connectivity index (χ1v) is 14.9. The van der Waals surface area contributed by atoms with Gasteiger partial charge in [0.15, 0.2) is 16.9 Å². The van der Waals surface area contributed by atoms with Crippen molar-refractivity contribution in [2.24, 2.45) is 11.8 Å². The van der Waals surface area contributed by atoms with Crippen LogP contribution in [0.25, 0.3) is 11.2 Å². The number of ether oxygens (including phenoxy) is 2. The van der Waals surface area contributed by atoms with Crippen LogP contribution in [0.4, 0.5) is 4.39 Å². The van der Waals surface area contributed by atoms with Gasteiger partial charge in [0.05, 0.1) is 12.2 Å². The molecule has 4 aromatic rings. The highest BCUT2D eigenvalue weighted by Gasteiger charge is 2.60. The summed E-state index contributed by atoms with van der Waals surface area (Å²) in [5.41, 5.74) is -0.214. The lowest BCUT2D eigenvalue weighted by Crippen LogP contribution is -2.58. The molecule has 3 aromatic heterocycles. The lowest BCUT2D eigenvalue weighted by molar-refractivity contribution is -0.179. The predicted octanol–water partition coefficient (Wildman–Crippen LogP) is 5.42. The number of thiazole rings is 1. The third-order valence-corrected chi connectivity index (χ3v) is 9.63. The molecule has 0 amide bonds. The van der Waals surface area contributed by atoms with Crippen LogP contribution >= 0.6 is 11.3 Å². The van der Waals surface area contributed by atoms with Crippen LogP contribution in [-0.2, 0) is 23.3 Å². The Morgan fingerprint density at radius 1 is 1.22 bits per heavy atom. The van der Waals surface area contributed by atoms with E-state index in [0.717, 1.165) is 44.3 Å². The maximum atomic E-state index is 13.8. The second kappa shape index (κ2) is 9.73. The van der Waals surface area contributed by atoms with E-state index in [1.54, 1.807) is 17.5 Å². The second-order valence-corrected chi connectivity index (χ2v) is 12.8. The molecule has 4 saturated carbocycles. The zero-order valence-corrected chi connectivity index (χ0v) is 23.4. The third kappa shape index (κ3) is 4.62. The Balaban J connectivity index is 1.22. The van der Waals surface area contributed by atoms with E-state index < -0.39 is 11.8 Å². The largest absolute Gasteiger partial charge is 0.476 e. The Kier molecular flexibility index (Phi) is 6.23. The van der Waals surface area contributed by atoms with Crippen molar-refractivity contribution >= 4 is 28.5 Å². The molecule has 214 valence electrons. The topological polar surface area (TPSA) is 132 Å². The molecule has 10 nitrogen and oxygen atoms in total. The first-order chi connectivity index (χ1) is 19.7. The number of carbonyl (C=O) groups is 1. The molecule has 0 spiro atoms. The standard InChI is InChI=1S/C29H30FN5O5S/c1-2-6-35-24(36)22-23(34-27(35)40-19-5-3-4-18(30)8-19)33-26(32-22)28-9-16-7-17(10-28)12-29(11-16,15-28)39-13-21-31-20(14-41-21)25(37)38/h3-5,8,14,16-17H,2,6-7,9-13,15H2,1H3,(H,32,33)(H,37,38). The van der Waals surface area contributed by atoms with Crippen LogP contribution in [-0.4, -0.2) is 41.2 Å². The van der Waals surface area contributed by atoms with Crippen molar-refractivity contribution in [2.75, 3.05) is 0 Å². The fraction of sp³-hybridized carbons (Fsp3) is 0.483. The van der Waals surface area contributed by atoms with Gasteiger partial charge in [-0.05, 0) is 68.9 Å². The number of carboxylic acid groups (broad SMARTS) is 1. The zero-order chi connectivity index (χ0) is 28.4. The first kappa shape index (κ1) is 26.3. The molecule has 41 heavy (non-hydrogen) atoms. The van der Waals surface area contributed by atoms with Gasteiger partial charge in [-0.25, -0.2) is 19.2 Å². The number of benzene rings is 1. The van der Waals surface area contributed by atoms with Crippen molar-refractivity contribution in [1.29, 1.82) is 0 Å². The van der Waals surface area contributed by atoms with Gasteiger partial charge in [-0.15, -0.1) is 11.3 Å². The average molecular weight is 580 g/mol. The summed E-state index contributed by atoms with van der Waals surface area (Å²) in [5.74, 6) is 0.492. The van der Waals surface area contributed by atoms with Crippen LogP contribution in [0.1, 0.15) is 73.2 Å². The molecule has 2 atom stereocenters. The van der Waals surface area contributed by atoms with Crippen LogP contribution in [0.2, 0.25) is 0 Å². The Labute approximate surface area is 238 Å². The Bertz CT molecular complexity index is 1700. The molecule has 3 heterocycles. The summed E-state index contributed by atoms with van der Waals surface area (Å²) in [6.07, 6.45) is 6.44. The minimum Gasteiger partial charge on any atom is -0.476 e. The van der Waals surface area contributed by atoms with Crippen LogP contribution in [0.15, 0.2) is 34.4 Å². The third-order valence-electron chi connectivity index (χ3n) is 8.81. The molecule has 2 N–H and O–H groups in total. The number of nitrogens with zero attached hydrogens (tertiary/aromatic N) is 4. The lowest BCUT2D eigenvalue weighted by atomic mass is 9.47. The molecule has 4 fully saturated rings. The van der Waals surface area contributed by atoms with E-state index in [2.05, 4.69) is 15.0 Å². The molecule has 4 bridgehead atoms. The number of halogens is 1. The minimum atomic E-state index is -1.04. The number of nitrogens with one attached hydrogen (secondary N) is 1. The Morgan fingerprint density at radius 3 is 2.73 bits per heavy atom. The fourth-order valence-electron chi connectivity index (χ4n) is 7.67. The van der Waals surface area contributed by atoms with Crippen molar-refractivity contribution in [2.45, 2.75) is 76.0 Å². The van der Waals surface area contributed by atoms with Crippen molar-refractivity contribution in [3.05, 3.63) is 62.3 Å². The molecule has 4 aliphatic carbocycles. The molecule has 4 aliphatic rings. The number of imidazole rings is 1. The molecule has 8 rings (SSSR count). The summed E-state index contributed by atoms with van der Waals surface area (Å²) in [5, 5.41) is 11.4. The van der Waals surface area contributed by atoms with Crippen molar-refractivity contribution in [3.8, 4) is 11.8 Å². The Morgan fingerprint density at radius 2 is 2.02 bits per heavy atom. The van der Waals surface area contributed by atoms with Crippen molar-refractivity contribution in [1.82, 2.24) is 24.5 Å². The molecule has 12 heteroatoms. The number of aromatic nitrogens is 5. The fourth-order valence-corrected chi connectivity index (χ4v) is 8.35. The van der Waals surface area contributed by atoms with E-state index in [1.807, 2.05) is 6.92 Å². The van der Waals surface area contributed by atoms with Gasteiger partial charge in [-0.3, -0.25) is 9.36 Å². The summed E-state index contributed by atoms with van der Waals surface area (Å²) in [7, 11) is 0. The van der Waals surface area contributed by atoms with Gasteiger partial charge < -0.3 is 19.6 Å². The highest BCUT2D eigenvalue weighted by molar-refractivity contribution is 7.09. The summed E-state index contributed by atoms with van der Waals surface area (Å²) in [4.78, 5) is 42.0. The lowest BCUT2D eigenvalue weighted by Gasteiger charge is -2.61. The molecule has 0 radical (unpaired) electrons. The SMILES string of the molecule is CCCn1c(Oc2cccc(F)c2)nc2nc(C34CC5CC(CC(OCc6nc(C(=O)O)cs6)(C5)C3)C4)[nH]c2c1=O. The molecule has 0 saturated heterocycles. The van der Waals surface area contributed by atoms with Crippen molar-refractivity contribution < 1.29 is 23.8 Å². The van der Waals surface area contributed by atoms with Gasteiger partial charge in [0, 0.05) is 23.4 Å². The molecular formula is C29H30FN5O5S. The van der Waals surface area contributed by atoms with Gasteiger partial charge in [-0.2, -0.15) is 4.98 Å². The molecule has 2 unspecified atom stereocenters.